The SMILES string of the molecule is CCOC(=O)C1CC(=O)CCC(=C2C3CC4CC(C3)CC2C4)C1. The molecule has 126 valence electrons. The molecule has 23 heavy (non-hydrogen) atoms. The molecule has 0 aromatic carbocycles. The van der Waals surface area contributed by atoms with E-state index in [0.29, 0.717) is 19.4 Å². The van der Waals surface area contributed by atoms with E-state index in [1.807, 2.05) is 6.92 Å². The Labute approximate surface area is 138 Å². The van der Waals surface area contributed by atoms with Crippen LogP contribution >= 0.6 is 0 Å². The minimum absolute atomic E-state index is 0.162. The predicted molar refractivity (Wildman–Crippen MR) is 87.7 cm³/mol. The van der Waals surface area contributed by atoms with E-state index >= 15 is 0 Å². The number of allylic oxidation sites excluding steroid dienone is 2. The average Bonchev–Trinajstić information content (AvgIpc) is 2.69. The first kappa shape index (κ1) is 15.4. The Balaban J connectivity index is 1.61. The Morgan fingerprint density at radius 1 is 1.00 bits per heavy atom. The van der Waals surface area contributed by atoms with Crippen LogP contribution in [0.3, 0.4) is 0 Å². The van der Waals surface area contributed by atoms with Crippen LogP contribution in [0.4, 0.5) is 0 Å². The molecule has 4 bridgehead atoms. The highest BCUT2D eigenvalue weighted by Gasteiger charge is 2.46. The molecule has 0 amide bonds. The van der Waals surface area contributed by atoms with E-state index in [9.17, 15) is 9.59 Å². The third-order valence-corrected chi connectivity index (χ3v) is 6.72. The van der Waals surface area contributed by atoms with Gasteiger partial charge in [-0.1, -0.05) is 11.1 Å². The lowest BCUT2D eigenvalue weighted by Crippen LogP contribution is -2.41. The van der Waals surface area contributed by atoms with E-state index in [1.54, 1.807) is 5.57 Å². The summed E-state index contributed by atoms with van der Waals surface area (Å²) in [4.78, 5) is 24.3. The van der Waals surface area contributed by atoms with Crippen LogP contribution in [0.15, 0.2) is 11.1 Å². The molecule has 0 N–H and O–H groups in total. The van der Waals surface area contributed by atoms with E-state index in [0.717, 1.165) is 36.5 Å². The summed E-state index contributed by atoms with van der Waals surface area (Å²) in [5.74, 6) is 3.27. The molecule has 0 heterocycles. The lowest BCUT2D eigenvalue weighted by Gasteiger charge is -2.52. The van der Waals surface area contributed by atoms with Gasteiger partial charge in [-0.05, 0) is 75.5 Å². The molecule has 5 aliphatic rings. The predicted octanol–water partition coefficient (Wildman–Crippen LogP) is 4.06. The fourth-order valence-electron chi connectivity index (χ4n) is 6.10. The van der Waals surface area contributed by atoms with E-state index < -0.39 is 0 Å². The van der Waals surface area contributed by atoms with Gasteiger partial charge in [-0.3, -0.25) is 9.59 Å². The highest BCUT2D eigenvalue weighted by Crippen LogP contribution is 2.57. The van der Waals surface area contributed by atoms with Crippen molar-refractivity contribution < 1.29 is 14.3 Å². The summed E-state index contributed by atoms with van der Waals surface area (Å²) in [5, 5.41) is 0. The van der Waals surface area contributed by atoms with E-state index in [4.69, 9.17) is 4.74 Å². The molecule has 5 fully saturated rings. The first-order valence-corrected chi connectivity index (χ1v) is 9.54. The van der Waals surface area contributed by atoms with Gasteiger partial charge < -0.3 is 4.74 Å². The number of rotatable bonds is 2. The molecule has 5 rings (SSSR count). The van der Waals surface area contributed by atoms with Gasteiger partial charge in [0, 0.05) is 12.8 Å². The molecule has 3 heteroatoms. The summed E-state index contributed by atoms with van der Waals surface area (Å²) in [6.45, 7) is 2.25. The second-order valence-corrected chi connectivity index (χ2v) is 8.26. The normalized spacial score (nSPS) is 39.5. The third kappa shape index (κ3) is 2.88. The summed E-state index contributed by atoms with van der Waals surface area (Å²) in [6, 6.07) is 0. The number of hydrogen-bond donors (Lipinski definition) is 0. The zero-order valence-electron chi connectivity index (χ0n) is 14.2. The van der Waals surface area contributed by atoms with Crippen molar-refractivity contribution in [2.45, 2.75) is 64.7 Å². The molecule has 0 aromatic rings. The van der Waals surface area contributed by atoms with Gasteiger partial charge in [0.15, 0.2) is 0 Å². The monoisotopic (exact) mass is 316 g/mol. The molecular formula is C20H28O3. The Kier molecular flexibility index (Phi) is 4.07. The number of Topliss-reactive ketones (excluding diaryl/α,β-unsaturated/α-hetero) is 1. The lowest BCUT2D eigenvalue weighted by atomic mass is 9.53. The van der Waals surface area contributed by atoms with Gasteiger partial charge in [0.05, 0.1) is 12.5 Å². The highest BCUT2D eigenvalue weighted by molar-refractivity contribution is 5.85. The maximum Gasteiger partial charge on any atom is 0.309 e. The maximum atomic E-state index is 12.2. The van der Waals surface area contributed by atoms with Crippen LogP contribution in [0.5, 0.6) is 0 Å². The Morgan fingerprint density at radius 2 is 1.65 bits per heavy atom. The van der Waals surface area contributed by atoms with Gasteiger partial charge in [-0.25, -0.2) is 0 Å². The quantitative estimate of drug-likeness (QED) is 0.438. The highest BCUT2D eigenvalue weighted by atomic mass is 16.5. The van der Waals surface area contributed by atoms with Crippen molar-refractivity contribution in [2.75, 3.05) is 6.61 Å². The lowest BCUT2D eigenvalue weighted by molar-refractivity contribution is -0.149. The summed E-state index contributed by atoms with van der Waals surface area (Å²) in [6.07, 6.45) is 9.60. The molecule has 5 aliphatic carbocycles. The number of hydrogen-bond acceptors (Lipinski definition) is 3. The Morgan fingerprint density at radius 3 is 2.26 bits per heavy atom. The zero-order valence-corrected chi connectivity index (χ0v) is 14.2. The van der Waals surface area contributed by atoms with Gasteiger partial charge in [-0.2, -0.15) is 0 Å². The molecule has 0 saturated heterocycles. The molecule has 0 aromatic heterocycles. The number of carbonyl (C=O) groups excluding carboxylic acids is 2. The Hall–Kier alpha value is -1.12. The van der Waals surface area contributed by atoms with Crippen molar-refractivity contribution in [3.8, 4) is 0 Å². The van der Waals surface area contributed by atoms with Crippen LogP contribution in [0, 0.1) is 29.6 Å². The fraction of sp³-hybridized carbons (Fsp3) is 0.800. The van der Waals surface area contributed by atoms with Crippen molar-refractivity contribution in [2.24, 2.45) is 29.6 Å². The van der Waals surface area contributed by atoms with Crippen LogP contribution in [-0.2, 0) is 14.3 Å². The molecule has 3 nitrogen and oxygen atoms in total. The second kappa shape index (κ2) is 6.07. The van der Waals surface area contributed by atoms with Crippen molar-refractivity contribution >= 4 is 11.8 Å². The number of ether oxygens (including phenoxy) is 1. The molecule has 1 atom stereocenters. The minimum Gasteiger partial charge on any atom is -0.466 e. The van der Waals surface area contributed by atoms with Crippen LogP contribution in [-0.4, -0.2) is 18.4 Å². The van der Waals surface area contributed by atoms with Gasteiger partial charge in [0.2, 0.25) is 0 Å². The van der Waals surface area contributed by atoms with Gasteiger partial charge in [0.1, 0.15) is 5.78 Å². The van der Waals surface area contributed by atoms with Gasteiger partial charge in [0.25, 0.3) is 0 Å². The fourth-order valence-corrected chi connectivity index (χ4v) is 6.10. The van der Waals surface area contributed by atoms with Crippen molar-refractivity contribution in [3.63, 3.8) is 0 Å². The van der Waals surface area contributed by atoms with E-state index in [-0.39, 0.29) is 17.7 Å². The molecule has 0 spiro atoms. The second-order valence-electron chi connectivity index (χ2n) is 8.26. The third-order valence-electron chi connectivity index (χ3n) is 6.72. The van der Waals surface area contributed by atoms with E-state index in [1.165, 1.54) is 37.7 Å². The van der Waals surface area contributed by atoms with Crippen molar-refractivity contribution in [1.82, 2.24) is 0 Å². The van der Waals surface area contributed by atoms with Gasteiger partial charge >= 0.3 is 5.97 Å². The van der Waals surface area contributed by atoms with Gasteiger partial charge in [-0.15, -0.1) is 0 Å². The first-order valence-electron chi connectivity index (χ1n) is 9.54. The van der Waals surface area contributed by atoms with E-state index in [2.05, 4.69) is 0 Å². The van der Waals surface area contributed by atoms with Crippen LogP contribution in [0.1, 0.15) is 64.7 Å². The summed E-state index contributed by atoms with van der Waals surface area (Å²) in [7, 11) is 0. The molecule has 1 unspecified atom stereocenters. The average molecular weight is 316 g/mol. The van der Waals surface area contributed by atoms with Crippen LogP contribution in [0.25, 0.3) is 0 Å². The van der Waals surface area contributed by atoms with Crippen LogP contribution < -0.4 is 0 Å². The summed E-state index contributed by atoms with van der Waals surface area (Å²) in [5.41, 5.74) is 3.14. The zero-order chi connectivity index (χ0) is 16.0. The van der Waals surface area contributed by atoms with Crippen LogP contribution in [0.2, 0.25) is 0 Å². The number of ketones is 1. The summed E-state index contributed by atoms with van der Waals surface area (Å²) >= 11 is 0. The molecule has 5 saturated carbocycles. The standard InChI is InChI=1S/C20H28O3/c1-2-23-20(22)17-10-14(3-4-18(21)11-17)19-15-6-12-5-13(8-15)9-16(19)7-12/h12-13,15-17H,2-11H2,1H3. The van der Waals surface area contributed by atoms with Crippen molar-refractivity contribution in [3.05, 3.63) is 11.1 Å². The number of esters is 1. The first-order chi connectivity index (χ1) is 11.1. The summed E-state index contributed by atoms with van der Waals surface area (Å²) < 4.78 is 5.23. The molecule has 0 aliphatic heterocycles. The topological polar surface area (TPSA) is 43.4 Å². The Bertz CT molecular complexity index is 515. The smallest absolute Gasteiger partial charge is 0.309 e. The molecular weight excluding hydrogens is 288 g/mol. The molecule has 0 radical (unpaired) electrons. The minimum atomic E-state index is -0.232. The maximum absolute atomic E-state index is 12.2. The van der Waals surface area contributed by atoms with Crippen molar-refractivity contribution in [1.29, 1.82) is 0 Å². The number of carbonyl (C=O) groups is 2. The largest absolute Gasteiger partial charge is 0.466 e.